The van der Waals surface area contributed by atoms with E-state index in [0.717, 1.165) is 11.4 Å². The minimum absolute atomic E-state index is 0.0454. The summed E-state index contributed by atoms with van der Waals surface area (Å²) in [5.41, 5.74) is 2.36. The average molecular weight is 358 g/mol. The zero-order valence-electron chi connectivity index (χ0n) is 14.5. The van der Waals surface area contributed by atoms with E-state index in [4.69, 9.17) is 4.74 Å². The molecule has 0 unspecified atom stereocenters. The third-order valence-electron chi connectivity index (χ3n) is 3.64. The summed E-state index contributed by atoms with van der Waals surface area (Å²) in [6.45, 7) is 2.47. The first-order valence-corrected chi connectivity index (χ1v) is 8.03. The number of carbonyl (C=O) groups excluding carboxylic acids is 1. The second-order valence-electron chi connectivity index (χ2n) is 5.83. The standard InChI is InChI=1S/C17H19FN6O2/c1-12-6-15(23(2)21-12)8-19-17(25)10-24-9-14(20-22-24)11-26-16-5-3-4-13(18)7-16/h3-7,9H,8,10-11H2,1-2H3,(H,19,25). The number of halogens is 1. The number of ether oxygens (including phenoxy) is 1. The molecule has 0 fully saturated rings. The number of hydrogen-bond donors (Lipinski definition) is 1. The summed E-state index contributed by atoms with van der Waals surface area (Å²) in [6, 6.07) is 7.76. The van der Waals surface area contributed by atoms with Crippen LogP contribution in [0, 0.1) is 12.7 Å². The van der Waals surface area contributed by atoms with Crippen molar-refractivity contribution in [3.63, 3.8) is 0 Å². The van der Waals surface area contributed by atoms with Crippen molar-refractivity contribution in [1.29, 1.82) is 0 Å². The molecule has 0 radical (unpaired) electrons. The fraction of sp³-hybridized carbons (Fsp3) is 0.294. The summed E-state index contributed by atoms with van der Waals surface area (Å²) < 4.78 is 21.7. The van der Waals surface area contributed by atoms with Gasteiger partial charge in [0, 0.05) is 13.1 Å². The number of aromatic nitrogens is 5. The highest BCUT2D eigenvalue weighted by molar-refractivity contribution is 5.75. The molecule has 0 aliphatic heterocycles. The summed E-state index contributed by atoms with van der Waals surface area (Å²) in [4.78, 5) is 12.0. The molecule has 8 nitrogen and oxygen atoms in total. The van der Waals surface area contributed by atoms with E-state index in [-0.39, 0.29) is 24.9 Å². The summed E-state index contributed by atoms with van der Waals surface area (Å²) in [6.07, 6.45) is 1.62. The number of nitrogens with one attached hydrogen (secondary N) is 1. The Morgan fingerprint density at radius 2 is 2.19 bits per heavy atom. The topological polar surface area (TPSA) is 86.9 Å². The molecule has 0 bridgehead atoms. The quantitative estimate of drug-likeness (QED) is 0.689. The molecule has 1 aromatic carbocycles. The molecule has 0 aliphatic carbocycles. The van der Waals surface area contributed by atoms with Crippen LogP contribution in [0.3, 0.4) is 0 Å². The number of nitrogens with zero attached hydrogens (tertiary/aromatic N) is 5. The maximum Gasteiger partial charge on any atom is 0.242 e. The second kappa shape index (κ2) is 7.77. The van der Waals surface area contributed by atoms with Crippen LogP contribution in [-0.2, 0) is 31.5 Å². The minimum atomic E-state index is -0.369. The van der Waals surface area contributed by atoms with Crippen molar-refractivity contribution < 1.29 is 13.9 Å². The van der Waals surface area contributed by atoms with E-state index < -0.39 is 0 Å². The predicted octanol–water partition coefficient (Wildman–Crippen LogP) is 1.35. The number of hydrogen-bond acceptors (Lipinski definition) is 5. The Morgan fingerprint density at radius 3 is 2.92 bits per heavy atom. The smallest absolute Gasteiger partial charge is 0.242 e. The molecule has 0 saturated carbocycles. The normalized spacial score (nSPS) is 10.7. The Balaban J connectivity index is 1.48. The van der Waals surface area contributed by atoms with Gasteiger partial charge in [-0.3, -0.25) is 9.48 Å². The third kappa shape index (κ3) is 4.65. The van der Waals surface area contributed by atoms with Gasteiger partial charge in [-0.05, 0) is 25.1 Å². The molecule has 2 heterocycles. The molecule has 2 aromatic heterocycles. The first-order chi connectivity index (χ1) is 12.5. The summed E-state index contributed by atoms with van der Waals surface area (Å²) in [5, 5.41) is 14.9. The first kappa shape index (κ1) is 17.6. The molecule has 0 aliphatic rings. The summed E-state index contributed by atoms with van der Waals surface area (Å²) in [5.74, 6) is -0.151. The lowest BCUT2D eigenvalue weighted by atomic mass is 10.3. The van der Waals surface area contributed by atoms with Crippen molar-refractivity contribution in [2.24, 2.45) is 7.05 Å². The van der Waals surface area contributed by atoms with Crippen LogP contribution >= 0.6 is 0 Å². The molecule has 26 heavy (non-hydrogen) atoms. The lowest BCUT2D eigenvalue weighted by molar-refractivity contribution is -0.122. The van der Waals surface area contributed by atoms with Crippen molar-refractivity contribution in [1.82, 2.24) is 30.1 Å². The summed E-state index contributed by atoms with van der Waals surface area (Å²) >= 11 is 0. The van der Waals surface area contributed by atoms with Crippen molar-refractivity contribution in [2.75, 3.05) is 0 Å². The average Bonchev–Trinajstić information content (AvgIpc) is 3.17. The van der Waals surface area contributed by atoms with Gasteiger partial charge in [0.05, 0.1) is 24.1 Å². The zero-order chi connectivity index (χ0) is 18.5. The van der Waals surface area contributed by atoms with Crippen molar-refractivity contribution >= 4 is 5.91 Å². The van der Waals surface area contributed by atoms with Crippen LogP contribution in [0.1, 0.15) is 17.1 Å². The number of carbonyl (C=O) groups is 1. The van der Waals surface area contributed by atoms with E-state index in [2.05, 4.69) is 20.7 Å². The van der Waals surface area contributed by atoms with Crippen LogP contribution < -0.4 is 10.1 Å². The van der Waals surface area contributed by atoms with Gasteiger partial charge in [-0.15, -0.1) is 5.10 Å². The molecule has 1 N–H and O–H groups in total. The van der Waals surface area contributed by atoms with Crippen LogP contribution in [0.5, 0.6) is 5.75 Å². The number of rotatable bonds is 7. The fourth-order valence-corrected chi connectivity index (χ4v) is 2.42. The lowest BCUT2D eigenvalue weighted by Crippen LogP contribution is -2.28. The monoisotopic (exact) mass is 358 g/mol. The molecule has 0 saturated heterocycles. The zero-order valence-corrected chi connectivity index (χ0v) is 14.5. The molecular formula is C17H19FN6O2. The van der Waals surface area contributed by atoms with Gasteiger partial charge in [0.25, 0.3) is 0 Å². The van der Waals surface area contributed by atoms with Crippen molar-refractivity contribution in [3.05, 3.63) is 59.4 Å². The van der Waals surface area contributed by atoms with Gasteiger partial charge < -0.3 is 10.1 Å². The Morgan fingerprint density at radius 1 is 1.35 bits per heavy atom. The molecule has 3 rings (SSSR count). The summed E-state index contributed by atoms with van der Waals surface area (Å²) in [7, 11) is 1.83. The van der Waals surface area contributed by atoms with E-state index in [0.29, 0.717) is 18.0 Å². The maximum absolute atomic E-state index is 13.1. The highest BCUT2D eigenvalue weighted by Gasteiger charge is 2.08. The van der Waals surface area contributed by atoms with Crippen LogP contribution in [0.2, 0.25) is 0 Å². The Bertz CT molecular complexity index is 904. The highest BCUT2D eigenvalue weighted by atomic mass is 19.1. The fourth-order valence-electron chi connectivity index (χ4n) is 2.42. The SMILES string of the molecule is Cc1cc(CNC(=O)Cn2cc(COc3cccc(F)c3)nn2)n(C)n1. The highest BCUT2D eigenvalue weighted by Crippen LogP contribution is 2.13. The lowest BCUT2D eigenvalue weighted by Gasteiger charge is -2.05. The second-order valence-corrected chi connectivity index (χ2v) is 5.83. The van der Waals surface area contributed by atoms with Gasteiger partial charge in [-0.2, -0.15) is 5.10 Å². The van der Waals surface area contributed by atoms with Crippen LogP contribution in [0.15, 0.2) is 36.5 Å². The maximum atomic E-state index is 13.1. The Labute approximate surface area is 149 Å². The van der Waals surface area contributed by atoms with Gasteiger partial charge in [0.1, 0.15) is 30.4 Å². The van der Waals surface area contributed by atoms with Crippen molar-refractivity contribution in [3.8, 4) is 5.75 Å². The van der Waals surface area contributed by atoms with Crippen LogP contribution in [0.4, 0.5) is 4.39 Å². The van der Waals surface area contributed by atoms with Crippen molar-refractivity contribution in [2.45, 2.75) is 26.6 Å². The number of amides is 1. The van der Waals surface area contributed by atoms with E-state index in [1.807, 2.05) is 20.0 Å². The molecule has 0 atom stereocenters. The molecule has 136 valence electrons. The Kier molecular flexibility index (Phi) is 5.26. The predicted molar refractivity (Wildman–Crippen MR) is 90.5 cm³/mol. The van der Waals surface area contributed by atoms with E-state index in [1.165, 1.54) is 16.8 Å². The van der Waals surface area contributed by atoms with Crippen LogP contribution in [0.25, 0.3) is 0 Å². The molecule has 3 aromatic rings. The third-order valence-corrected chi connectivity index (χ3v) is 3.64. The van der Waals surface area contributed by atoms with Gasteiger partial charge in [0.2, 0.25) is 5.91 Å². The largest absolute Gasteiger partial charge is 0.487 e. The minimum Gasteiger partial charge on any atom is -0.487 e. The van der Waals surface area contributed by atoms with E-state index in [1.54, 1.807) is 23.0 Å². The van der Waals surface area contributed by atoms with Gasteiger partial charge >= 0.3 is 0 Å². The van der Waals surface area contributed by atoms with Gasteiger partial charge in [0.15, 0.2) is 0 Å². The molecule has 1 amide bonds. The van der Waals surface area contributed by atoms with Gasteiger partial charge in [-0.1, -0.05) is 11.3 Å². The molecule has 0 spiro atoms. The Hall–Kier alpha value is -3.23. The van der Waals surface area contributed by atoms with Gasteiger partial charge in [-0.25, -0.2) is 9.07 Å². The van der Waals surface area contributed by atoms with E-state index >= 15 is 0 Å². The molecular weight excluding hydrogens is 339 g/mol. The number of aryl methyl sites for hydroxylation is 2. The first-order valence-electron chi connectivity index (χ1n) is 8.03. The number of benzene rings is 1. The van der Waals surface area contributed by atoms with E-state index in [9.17, 15) is 9.18 Å². The van der Waals surface area contributed by atoms with Crippen LogP contribution in [-0.4, -0.2) is 30.7 Å². The molecule has 9 heteroatoms.